The van der Waals surface area contributed by atoms with E-state index in [4.69, 9.17) is 14.2 Å². The highest BCUT2D eigenvalue weighted by atomic mass is 16.5. The van der Waals surface area contributed by atoms with Gasteiger partial charge in [-0.2, -0.15) is 0 Å². The van der Waals surface area contributed by atoms with Crippen LogP contribution in [-0.4, -0.2) is 26.9 Å². The molecule has 2 aromatic carbocycles. The molecule has 0 heterocycles. The summed E-state index contributed by atoms with van der Waals surface area (Å²) in [5.74, 6) is 2.08. The first-order chi connectivity index (χ1) is 12.6. The van der Waals surface area contributed by atoms with Gasteiger partial charge in [0, 0.05) is 6.54 Å². The number of rotatable bonds is 8. The van der Waals surface area contributed by atoms with Gasteiger partial charge in [-0.25, -0.2) is 4.79 Å². The average molecular weight is 358 g/mol. The number of amides is 2. The molecule has 6 heteroatoms. The van der Waals surface area contributed by atoms with Gasteiger partial charge < -0.3 is 24.8 Å². The van der Waals surface area contributed by atoms with Gasteiger partial charge in [0.15, 0.2) is 11.5 Å². The summed E-state index contributed by atoms with van der Waals surface area (Å²) in [5, 5.41) is 5.78. The van der Waals surface area contributed by atoms with E-state index in [2.05, 4.69) is 10.6 Å². The van der Waals surface area contributed by atoms with Gasteiger partial charge in [0.1, 0.15) is 5.75 Å². The van der Waals surface area contributed by atoms with Crippen LogP contribution in [0, 0.1) is 0 Å². The Morgan fingerprint density at radius 3 is 2.54 bits per heavy atom. The molecular formula is C20H26N2O4. The van der Waals surface area contributed by atoms with Crippen LogP contribution in [0.1, 0.15) is 31.0 Å². The number of benzene rings is 2. The molecule has 1 unspecified atom stereocenters. The molecule has 0 aliphatic rings. The lowest BCUT2D eigenvalue weighted by Gasteiger charge is -2.16. The van der Waals surface area contributed by atoms with Crippen molar-refractivity contribution in [2.45, 2.75) is 26.4 Å². The van der Waals surface area contributed by atoms with Gasteiger partial charge in [0.2, 0.25) is 0 Å². The maximum absolute atomic E-state index is 12.2. The maximum Gasteiger partial charge on any atom is 0.315 e. The van der Waals surface area contributed by atoms with Crippen LogP contribution in [0.25, 0.3) is 0 Å². The monoisotopic (exact) mass is 358 g/mol. The third-order valence-corrected chi connectivity index (χ3v) is 3.92. The van der Waals surface area contributed by atoms with E-state index in [0.717, 1.165) is 16.9 Å². The van der Waals surface area contributed by atoms with Gasteiger partial charge >= 0.3 is 6.03 Å². The second kappa shape index (κ2) is 9.56. The zero-order chi connectivity index (χ0) is 18.9. The van der Waals surface area contributed by atoms with Crippen molar-refractivity contribution >= 4 is 6.03 Å². The van der Waals surface area contributed by atoms with Gasteiger partial charge in [0.25, 0.3) is 0 Å². The molecular weight excluding hydrogens is 332 g/mol. The summed E-state index contributed by atoms with van der Waals surface area (Å²) >= 11 is 0. The number of urea groups is 1. The zero-order valence-corrected chi connectivity index (χ0v) is 15.7. The Hall–Kier alpha value is -2.89. The van der Waals surface area contributed by atoms with E-state index in [0.29, 0.717) is 24.7 Å². The van der Waals surface area contributed by atoms with E-state index in [-0.39, 0.29) is 12.1 Å². The maximum atomic E-state index is 12.2. The normalized spacial score (nSPS) is 11.4. The van der Waals surface area contributed by atoms with E-state index < -0.39 is 0 Å². The molecule has 0 saturated heterocycles. The van der Waals surface area contributed by atoms with Crippen molar-refractivity contribution in [3.8, 4) is 17.2 Å². The van der Waals surface area contributed by atoms with Gasteiger partial charge in [-0.15, -0.1) is 0 Å². The van der Waals surface area contributed by atoms with E-state index in [1.807, 2.05) is 56.3 Å². The lowest BCUT2D eigenvalue weighted by molar-refractivity contribution is 0.237. The fraction of sp³-hybridized carbons (Fsp3) is 0.350. The molecule has 0 aliphatic heterocycles. The van der Waals surface area contributed by atoms with Crippen molar-refractivity contribution in [2.24, 2.45) is 0 Å². The Bertz CT molecular complexity index is 734. The van der Waals surface area contributed by atoms with Crippen LogP contribution in [0.2, 0.25) is 0 Å². The standard InChI is InChI=1S/C20H26N2O4/c1-5-26-17-8-6-7-16(12-17)14(2)22-20(23)21-13-15-9-10-18(24-3)19(11-15)25-4/h6-12,14H,5,13H2,1-4H3,(H2,21,22,23). The minimum absolute atomic E-state index is 0.138. The van der Waals surface area contributed by atoms with Crippen molar-refractivity contribution in [1.82, 2.24) is 10.6 Å². The summed E-state index contributed by atoms with van der Waals surface area (Å²) in [7, 11) is 3.17. The van der Waals surface area contributed by atoms with Crippen molar-refractivity contribution in [3.63, 3.8) is 0 Å². The molecule has 140 valence electrons. The summed E-state index contributed by atoms with van der Waals surface area (Å²) in [5.41, 5.74) is 1.90. The number of nitrogens with one attached hydrogen (secondary N) is 2. The number of hydrogen-bond acceptors (Lipinski definition) is 4. The van der Waals surface area contributed by atoms with Crippen LogP contribution in [0.3, 0.4) is 0 Å². The Kier molecular flexibility index (Phi) is 7.14. The highest BCUT2D eigenvalue weighted by Gasteiger charge is 2.11. The summed E-state index contributed by atoms with van der Waals surface area (Å²) in [6.07, 6.45) is 0. The molecule has 2 N–H and O–H groups in total. The second-order valence-corrected chi connectivity index (χ2v) is 5.74. The predicted molar refractivity (Wildman–Crippen MR) is 101 cm³/mol. The minimum Gasteiger partial charge on any atom is -0.494 e. The molecule has 0 radical (unpaired) electrons. The predicted octanol–water partition coefficient (Wildman–Crippen LogP) is 3.66. The smallest absolute Gasteiger partial charge is 0.315 e. The molecule has 0 aliphatic carbocycles. The fourth-order valence-electron chi connectivity index (χ4n) is 2.54. The summed E-state index contributed by atoms with van der Waals surface area (Å²) in [4.78, 5) is 12.2. The van der Waals surface area contributed by atoms with E-state index in [1.54, 1.807) is 14.2 Å². The molecule has 0 aromatic heterocycles. The Morgan fingerprint density at radius 1 is 1.08 bits per heavy atom. The molecule has 0 spiro atoms. The third-order valence-electron chi connectivity index (χ3n) is 3.92. The van der Waals surface area contributed by atoms with Crippen LogP contribution in [0.15, 0.2) is 42.5 Å². The van der Waals surface area contributed by atoms with Gasteiger partial charge in [0.05, 0.1) is 26.9 Å². The number of carbonyl (C=O) groups excluding carboxylic acids is 1. The van der Waals surface area contributed by atoms with Gasteiger partial charge in [-0.3, -0.25) is 0 Å². The van der Waals surface area contributed by atoms with Crippen molar-refractivity contribution < 1.29 is 19.0 Å². The van der Waals surface area contributed by atoms with E-state index >= 15 is 0 Å². The first-order valence-corrected chi connectivity index (χ1v) is 8.55. The lowest BCUT2D eigenvalue weighted by atomic mass is 10.1. The van der Waals surface area contributed by atoms with Crippen LogP contribution < -0.4 is 24.8 Å². The van der Waals surface area contributed by atoms with E-state index in [9.17, 15) is 4.79 Å². The van der Waals surface area contributed by atoms with Crippen LogP contribution in [0.4, 0.5) is 4.79 Å². The summed E-state index contributed by atoms with van der Waals surface area (Å²) < 4.78 is 16.0. The molecule has 2 aromatic rings. The lowest BCUT2D eigenvalue weighted by Crippen LogP contribution is -2.36. The van der Waals surface area contributed by atoms with Gasteiger partial charge in [-0.05, 0) is 49.2 Å². The molecule has 1 atom stereocenters. The number of hydrogen-bond donors (Lipinski definition) is 2. The van der Waals surface area contributed by atoms with Crippen molar-refractivity contribution in [1.29, 1.82) is 0 Å². The molecule has 2 amide bonds. The first-order valence-electron chi connectivity index (χ1n) is 8.55. The van der Waals surface area contributed by atoms with Crippen molar-refractivity contribution in [2.75, 3.05) is 20.8 Å². The van der Waals surface area contributed by atoms with Crippen LogP contribution >= 0.6 is 0 Å². The average Bonchev–Trinajstić information content (AvgIpc) is 2.66. The van der Waals surface area contributed by atoms with Crippen LogP contribution in [0.5, 0.6) is 17.2 Å². The molecule has 0 bridgehead atoms. The number of ether oxygens (including phenoxy) is 3. The third kappa shape index (κ3) is 5.31. The minimum atomic E-state index is -0.242. The molecule has 0 fully saturated rings. The summed E-state index contributed by atoms with van der Waals surface area (Å²) in [6, 6.07) is 12.9. The zero-order valence-electron chi connectivity index (χ0n) is 15.7. The highest BCUT2D eigenvalue weighted by Crippen LogP contribution is 2.27. The first kappa shape index (κ1) is 19.4. The number of carbonyl (C=O) groups is 1. The number of methoxy groups -OCH3 is 2. The fourth-order valence-corrected chi connectivity index (χ4v) is 2.54. The second-order valence-electron chi connectivity index (χ2n) is 5.74. The topological polar surface area (TPSA) is 68.8 Å². The quantitative estimate of drug-likeness (QED) is 0.756. The SMILES string of the molecule is CCOc1cccc(C(C)NC(=O)NCc2ccc(OC)c(OC)c2)c1. The van der Waals surface area contributed by atoms with Crippen molar-refractivity contribution in [3.05, 3.63) is 53.6 Å². The molecule has 2 rings (SSSR count). The Morgan fingerprint density at radius 2 is 1.85 bits per heavy atom. The van der Waals surface area contributed by atoms with E-state index in [1.165, 1.54) is 0 Å². The van der Waals surface area contributed by atoms with Crippen LogP contribution in [-0.2, 0) is 6.54 Å². The largest absolute Gasteiger partial charge is 0.494 e. The summed E-state index contributed by atoms with van der Waals surface area (Å²) in [6.45, 7) is 4.87. The van der Waals surface area contributed by atoms with Gasteiger partial charge in [-0.1, -0.05) is 18.2 Å². The highest BCUT2D eigenvalue weighted by molar-refractivity contribution is 5.74. The Labute approximate surface area is 154 Å². The Balaban J connectivity index is 1.91. The molecule has 26 heavy (non-hydrogen) atoms. The molecule has 6 nitrogen and oxygen atoms in total. The molecule has 0 saturated carbocycles.